The van der Waals surface area contributed by atoms with E-state index >= 15 is 0 Å². The van der Waals surface area contributed by atoms with E-state index in [1.54, 1.807) is 54.0 Å². The third-order valence-corrected chi connectivity index (χ3v) is 5.62. The molecule has 6 nitrogen and oxygen atoms in total. The molecule has 4 rings (SSSR count). The number of carbonyl (C=O) groups is 2. The Bertz CT molecular complexity index is 1220. The van der Waals surface area contributed by atoms with Crippen LogP contribution in [0.1, 0.15) is 37.5 Å². The van der Waals surface area contributed by atoms with E-state index in [0.29, 0.717) is 35.7 Å². The highest BCUT2D eigenvalue weighted by atomic mass is 32.1. The van der Waals surface area contributed by atoms with Gasteiger partial charge in [0, 0.05) is 17.5 Å². The van der Waals surface area contributed by atoms with Gasteiger partial charge in [-0.25, -0.2) is 4.98 Å². The molecule has 0 radical (unpaired) electrons. The molecule has 3 aromatic carbocycles. The zero-order chi connectivity index (χ0) is 23.0. The molecule has 1 aromatic heterocycles. The smallest absolute Gasteiger partial charge is 0.255 e. The van der Waals surface area contributed by atoms with Crippen LogP contribution in [0.25, 0.3) is 0 Å². The van der Waals surface area contributed by atoms with Crippen molar-refractivity contribution in [3.05, 3.63) is 112 Å². The number of aryl methyl sites for hydroxylation is 1. The van der Waals surface area contributed by atoms with E-state index < -0.39 is 0 Å². The van der Waals surface area contributed by atoms with Gasteiger partial charge in [-0.1, -0.05) is 42.0 Å². The monoisotopic (exact) mass is 457 g/mol. The van der Waals surface area contributed by atoms with Crippen LogP contribution in [0.4, 0.5) is 5.69 Å². The highest BCUT2D eigenvalue weighted by Crippen LogP contribution is 2.19. The molecule has 0 saturated carbocycles. The number of carbonyl (C=O) groups excluding carboxylic acids is 2. The summed E-state index contributed by atoms with van der Waals surface area (Å²) in [6.07, 6.45) is 0. The van der Waals surface area contributed by atoms with Crippen molar-refractivity contribution >= 4 is 28.8 Å². The van der Waals surface area contributed by atoms with Crippen LogP contribution >= 0.6 is 11.3 Å². The molecule has 2 amide bonds. The fourth-order valence-electron chi connectivity index (χ4n) is 3.14. The molecule has 0 saturated heterocycles. The fourth-order valence-corrected chi connectivity index (χ4v) is 3.68. The number of ether oxygens (including phenoxy) is 1. The molecule has 7 heteroatoms. The van der Waals surface area contributed by atoms with E-state index in [4.69, 9.17) is 4.74 Å². The summed E-state index contributed by atoms with van der Waals surface area (Å²) in [5.41, 5.74) is 6.11. The lowest BCUT2D eigenvalue weighted by molar-refractivity contribution is 0.0952. The lowest BCUT2D eigenvalue weighted by atomic mass is 10.1. The van der Waals surface area contributed by atoms with Crippen LogP contribution in [0.3, 0.4) is 0 Å². The number of thiazole rings is 1. The minimum atomic E-state index is -0.306. The van der Waals surface area contributed by atoms with Crippen LogP contribution in [-0.2, 0) is 13.2 Å². The van der Waals surface area contributed by atoms with Gasteiger partial charge < -0.3 is 15.4 Å². The minimum Gasteiger partial charge on any atom is -0.487 e. The third kappa shape index (κ3) is 6.05. The van der Waals surface area contributed by atoms with Gasteiger partial charge in [0.2, 0.25) is 0 Å². The Morgan fingerprint density at radius 1 is 0.939 bits per heavy atom. The summed E-state index contributed by atoms with van der Waals surface area (Å²) in [6.45, 7) is 2.80. The number of rotatable bonds is 8. The summed E-state index contributed by atoms with van der Waals surface area (Å²) in [7, 11) is 0. The number of nitrogens with zero attached hydrogens (tertiary/aromatic N) is 1. The van der Waals surface area contributed by atoms with Gasteiger partial charge >= 0.3 is 0 Å². The van der Waals surface area contributed by atoms with Gasteiger partial charge in [0.25, 0.3) is 11.8 Å². The van der Waals surface area contributed by atoms with Gasteiger partial charge in [-0.2, -0.15) is 0 Å². The predicted octanol–water partition coefficient (Wildman–Crippen LogP) is 5.21. The van der Waals surface area contributed by atoms with Crippen LogP contribution < -0.4 is 15.4 Å². The molecule has 2 N–H and O–H groups in total. The maximum Gasteiger partial charge on any atom is 0.255 e. The molecule has 0 aliphatic heterocycles. The van der Waals surface area contributed by atoms with Crippen molar-refractivity contribution < 1.29 is 14.3 Å². The van der Waals surface area contributed by atoms with Gasteiger partial charge in [0.05, 0.1) is 22.5 Å². The zero-order valence-corrected chi connectivity index (χ0v) is 18.9. The molecule has 0 bridgehead atoms. The number of amides is 2. The van der Waals surface area contributed by atoms with E-state index in [1.165, 1.54) is 11.3 Å². The van der Waals surface area contributed by atoms with Gasteiger partial charge in [0.15, 0.2) is 0 Å². The molecule has 0 aliphatic carbocycles. The third-order valence-electron chi connectivity index (χ3n) is 4.98. The fraction of sp³-hybridized carbons (Fsp3) is 0.115. The Balaban J connectivity index is 1.37. The van der Waals surface area contributed by atoms with Gasteiger partial charge in [-0.15, -0.1) is 11.3 Å². The Hall–Kier alpha value is -3.97. The number of anilines is 1. The van der Waals surface area contributed by atoms with E-state index in [0.717, 1.165) is 16.8 Å². The maximum absolute atomic E-state index is 12.8. The van der Waals surface area contributed by atoms with Crippen LogP contribution in [0.2, 0.25) is 0 Å². The van der Waals surface area contributed by atoms with E-state index in [9.17, 15) is 9.59 Å². The average molecular weight is 458 g/mol. The van der Waals surface area contributed by atoms with Crippen LogP contribution in [0.15, 0.2) is 83.7 Å². The van der Waals surface area contributed by atoms with Crippen molar-refractivity contribution in [2.24, 2.45) is 0 Å². The van der Waals surface area contributed by atoms with Crippen molar-refractivity contribution in [3.63, 3.8) is 0 Å². The molecular weight excluding hydrogens is 434 g/mol. The van der Waals surface area contributed by atoms with Crippen molar-refractivity contribution in [1.29, 1.82) is 0 Å². The highest BCUT2D eigenvalue weighted by molar-refractivity contribution is 7.07. The summed E-state index contributed by atoms with van der Waals surface area (Å²) in [5, 5.41) is 7.67. The summed E-state index contributed by atoms with van der Waals surface area (Å²) >= 11 is 1.51. The summed E-state index contributed by atoms with van der Waals surface area (Å²) in [6, 6.07) is 21.8. The lowest BCUT2D eigenvalue weighted by Gasteiger charge is -2.12. The predicted molar refractivity (Wildman–Crippen MR) is 130 cm³/mol. The first kappa shape index (κ1) is 22.2. The molecule has 166 valence electrons. The number of nitrogens with one attached hydrogen (secondary N) is 2. The highest BCUT2D eigenvalue weighted by Gasteiger charge is 2.14. The van der Waals surface area contributed by atoms with Crippen molar-refractivity contribution in [2.45, 2.75) is 20.1 Å². The number of hydrogen-bond acceptors (Lipinski definition) is 5. The minimum absolute atomic E-state index is 0.253. The number of aromatic nitrogens is 1. The standard InChI is InChI=1S/C26H23N3O3S/c1-18-6-8-19(9-7-18)14-27-26(31)23-4-2-3-5-24(23)29-25(30)20-10-12-22(13-11-20)32-15-21-16-33-17-28-21/h2-13,16-17H,14-15H2,1H3,(H,27,31)(H,29,30). The van der Waals surface area contributed by atoms with Crippen molar-refractivity contribution in [2.75, 3.05) is 5.32 Å². The molecular formula is C26H23N3O3S. The first-order valence-electron chi connectivity index (χ1n) is 10.4. The molecule has 0 atom stereocenters. The molecule has 4 aromatic rings. The molecule has 0 spiro atoms. The first-order valence-corrected chi connectivity index (χ1v) is 11.4. The lowest BCUT2D eigenvalue weighted by Crippen LogP contribution is -2.24. The van der Waals surface area contributed by atoms with Crippen LogP contribution in [0.5, 0.6) is 5.75 Å². The van der Waals surface area contributed by atoms with E-state index in [-0.39, 0.29) is 11.8 Å². The van der Waals surface area contributed by atoms with Crippen molar-refractivity contribution in [1.82, 2.24) is 10.3 Å². The maximum atomic E-state index is 12.8. The molecule has 33 heavy (non-hydrogen) atoms. The summed E-state index contributed by atoms with van der Waals surface area (Å²) < 4.78 is 5.68. The number of hydrogen-bond donors (Lipinski definition) is 2. The second-order valence-corrected chi connectivity index (χ2v) is 8.18. The van der Waals surface area contributed by atoms with E-state index in [2.05, 4.69) is 15.6 Å². The second-order valence-electron chi connectivity index (χ2n) is 7.46. The van der Waals surface area contributed by atoms with Gasteiger partial charge in [0.1, 0.15) is 12.4 Å². The largest absolute Gasteiger partial charge is 0.487 e. The van der Waals surface area contributed by atoms with Gasteiger partial charge in [-0.3, -0.25) is 9.59 Å². The Kier molecular flexibility index (Phi) is 7.12. The normalized spacial score (nSPS) is 10.5. The number of para-hydroxylation sites is 1. The average Bonchev–Trinajstić information content (AvgIpc) is 3.37. The Labute approximate surface area is 196 Å². The van der Waals surface area contributed by atoms with E-state index in [1.807, 2.05) is 36.6 Å². The molecule has 0 aliphatic rings. The zero-order valence-electron chi connectivity index (χ0n) is 18.1. The van der Waals surface area contributed by atoms with Gasteiger partial charge in [-0.05, 0) is 48.9 Å². The molecule has 1 heterocycles. The molecule has 0 unspecified atom stereocenters. The van der Waals surface area contributed by atoms with Crippen LogP contribution in [0, 0.1) is 6.92 Å². The number of benzene rings is 3. The van der Waals surface area contributed by atoms with Crippen LogP contribution in [-0.4, -0.2) is 16.8 Å². The Morgan fingerprint density at radius 3 is 2.42 bits per heavy atom. The quantitative estimate of drug-likeness (QED) is 0.381. The topological polar surface area (TPSA) is 80.3 Å². The first-order chi connectivity index (χ1) is 16.1. The summed E-state index contributed by atoms with van der Waals surface area (Å²) in [5.74, 6) is 0.0903. The molecule has 0 fully saturated rings. The summed E-state index contributed by atoms with van der Waals surface area (Å²) in [4.78, 5) is 29.7. The second kappa shape index (κ2) is 10.6. The SMILES string of the molecule is Cc1ccc(CNC(=O)c2ccccc2NC(=O)c2ccc(OCc3cscn3)cc2)cc1. The van der Waals surface area contributed by atoms with Crippen molar-refractivity contribution in [3.8, 4) is 5.75 Å². The Morgan fingerprint density at radius 2 is 1.70 bits per heavy atom.